The van der Waals surface area contributed by atoms with Gasteiger partial charge in [0.25, 0.3) is 5.92 Å². The number of alkyl halides is 6. The molecular weight excluding hydrogens is 548 g/mol. The molecule has 1 fully saturated rings. The van der Waals surface area contributed by atoms with Crippen LogP contribution in [0.5, 0.6) is 5.75 Å². The molecule has 39 heavy (non-hydrogen) atoms. The minimum Gasteiger partial charge on any atom is -0.428 e. The van der Waals surface area contributed by atoms with Crippen LogP contribution in [0.2, 0.25) is 5.02 Å². The van der Waals surface area contributed by atoms with Crippen molar-refractivity contribution < 1.29 is 35.9 Å². The number of rotatable bonds is 8. The number of nitrogens with one attached hydrogen (secondary N) is 1. The summed E-state index contributed by atoms with van der Waals surface area (Å²) in [5.74, 6) is -3.46. The zero-order valence-electron chi connectivity index (χ0n) is 20.4. The van der Waals surface area contributed by atoms with Crippen molar-refractivity contribution in [3.8, 4) is 5.75 Å². The molecule has 1 saturated heterocycles. The molecule has 1 aliphatic rings. The van der Waals surface area contributed by atoms with Gasteiger partial charge in [-0.25, -0.2) is 13.6 Å². The second-order valence-corrected chi connectivity index (χ2v) is 9.63. The van der Waals surface area contributed by atoms with E-state index < -0.39 is 48.6 Å². The van der Waals surface area contributed by atoms with Gasteiger partial charge in [-0.2, -0.15) is 17.6 Å². The SMILES string of the molecule is O=C(NC(Cc1ccccc1)(c1cccc(OC(F)(F)C(F)F)c1)c1ccc(Cl)cn1)N1CCC(F)(F)CC1. The van der Waals surface area contributed by atoms with E-state index in [0.29, 0.717) is 5.56 Å². The van der Waals surface area contributed by atoms with E-state index in [1.807, 2.05) is 0 Å². The number of carbonyl (C=O) groups excluding carboxylic acids is 1. The predicted molar refractivity (Wildman–Crippen MR) is 132 cm³/mol. The number of aromatic nitrogens is 1. The maximum Gasteiger partial charge on any atom is 0.461 e. The standard InChI is InChI=1S/C27H24ClF6N3O2/c28-20-9-10-22(35-17-20)26(16-18-5-2-1-3-6-18,36-24(38)37-13-11-25(31,32)12-14-37)19-7-4-8-21(15-19)39-27(33,34)23(29)30/h1-10,15,17,23H,11-14,16H2,(H,36,38). The summed E-state index contributed by atoms with van der Waals surface area (Å²) >= 11 is 6.05. The van der Waals surface area contributed by atoms with Gasteiger partial charge < -0.3 is 15.0 Å². The second kappa shape index (κ2) is 11.3. The van der Waals surface area contributed by atoms with E-state index in [4.69, 9.17) is 11.6 Å². The fraction of sp³-hybridized carbons (Fsp3) is 0.333. The van der Waals surface area contributed by atoms with Crippen LogP contribution in [0.15, 0.2) is 72.9 Å². The molecule has 0 saturated carbocycles. The molecular formula is C27H24ClF6N3O2. The number of urea groups is 1. The number of hydrogen-bond donors (Lipinski definition) is 1. The first-order valence-electron chi connectivity index (χ1n) is 12.0. The second-order valence-electron chi connectivity index (χ2n) is 9.19. The molecule has 2 amide bonds. The molecule has 2 heterocycles. The number of nitrogens with zero attached hydrogens (tertiary/aromatic N) is 2. The molecule has 1 aliphatic heterocycles. The molecule has 0 spiro atoms. The molecule has 4 rings (SSSR count). The summed E-state index contributed by atoms with van der Waals surface area (Å²) in [5.41, 5.74) is -0.449. The lowest BCUT2D eigenvalue weighted by Crippen LogP contribution is -2.55. The van der Waals surface area contributed by atoms with E-state index >= 15 is 0 Å². The summed E-state index contributed by atoms with van der Waals surface area (Å²) in [4.78, 5) is 19.1. The predicted octanol–water partition coefficient (Wildman–Crippen LogP) is 6.90. The monoisotopic (exact) mass is 571 g/mol. The van der Waals surface area contributed by atoms with Gasteiger partial charge in [0.1, 0.15) is 11.3 Å². The van der Waals surface area contributed by atoms with Crippen LogP contribution in [-0.4, -0.2) is 47.5 Å². The number of benzene rings is 2. The summed E-state index contributed by atoms with van der Waals surface area (Å²) in [6, 6.07) is 16.2. The lowest BCUT2D eigenvalue weighted by molar-refractivity contribution is -0.253. The number of piperidine rings is 1. The van der Waals surface area contributed by atoms with E-state index in [1.54, 1.807) is 30.3 Å². The third-order valence-corrected chi connectivity index (χ3v) is 6.64. The Morgan fingerprint density at radius 3 is 2.36 bits per heavy atom. The van der Waals surface area contributed by atoms with E-state index in [0.717, 1.165) is 12.1 Å². The van der Waals surface area contributed by atoms with Crippen LogP contribution in [0.3, 0.4) is 0 Å². The van der Waals surface area contributed by atoms with Gasteiger partial charge in [0, 0.05) is 38.5 Å². The normalized spacial score (nSPS) is 17.0. The molecule has 1 atom stereocenters. The van der Waals surface area contributed by atoms with E-state index in [2.05, 4.69) is 15.0 Å². The molecule has 12 heteroatoms. The third-order valence-electron chi connectivity index (χ3n) is 6.41. The van der Waals surface area contributed by atoms with Gasteiger partial charge in [-0.3, -0.25) is 4.98 Å². The summed E-state index contributed by atoms with van der Waals surface area (Å²) in [6.45, 7) is -0.421. The van der Waals surface area contributed by atoms with Crippen molar-refractivity contribution in [2.24, 2.45) is 0 Å². The van der Waals surface area contributed by atoms with Gasteiger partial charge in [-0.15, -0.1) is 0 Å². The Labute approximate surface area is 225 Å². The van der Waals surface area contributed by atoms with Crippen molar-refractivity contribution in [1.82, 2.24) is 15.2 Å². The smallest absolute Gasteiger partial charge is 0.428 e. The van der Waals surface area contributed by atoms with Crippen LogP contribution in [0.25, 0.3) is 0 Å². The lowest BCUT2D eigenvalue weighted by atomic mass is 9.80. The first kappa shape index (κ1) is 28.5. The number of hydrogen-bond acceptors (Lipinski definition) is 3. The van der Waals surface area contributed by atoms with Gasteiger partial charge in [0.05, 0.1) is 10.7 Å². The van der Waals surface area contributed by atoms with Crippen LogP contribution in [0.4, 0.5) is 31.1 Å². The lowest BCUT2D eigenvalue weighted by Gasteiger charge is -2.39. The van der Waals surface area contributed by atoms with Gasteiger partial charge in [0.2, 0.25) is 0 Å². The molecule has 0 aliphatic carbocycles. The molecule has 0 radical (unpaired) electrons. The van der Waals surface area contributed by atoms with Crippen molar-refractivity contribution in [2.45, 2.75) is 43.3 Å². The highest BCUT2D eigenvalue weighted by Crippen LogP contribution is 2.37. The van der Waals surface area contributed by atoms with Crippen molar-refractivity contribution in [3.63, 3.8) is 0 Å². The molecule has 3 aromatic rings. The summed E-state index contributed by atoms with van der Waals surface area (Å²) in [6.07, 6.45) is -8.51. The molecule has 5 nitrogen and oxygen atoms in total. The van der Waals surface area contributed by atoms with Gasteiger partial charge in [-0.05, 0) is 35.4 Å². The number of halogens is 7. The number of carbonyl (C=O) groups is 1. The highest BCUT2D eigenvalue weighted by atomic mass is 35.5. The number of ether oxygens (including phenoxy) is 1. The van der Waals surface area contributed by atoms with Crippen molar-refractivity contribution >= 4 is 17.6 Å². The van der Waals surface area contributed by atoms with Crippen LogP contribution in [-0.2, 0) is 12.0 Å². The van der Waals surface area contributed by atoms with Gasteiger partial charge in [0.15, 0.2) is 0 Å². The number of amides is 2. The molecule has 2 aromatic carbocycles. The van der Waals surface area contributed by atoms with Crippen molar-refractivity contribution in [3.05, 3.63) is 94.8 Å². The third kappa shape index (κ3) is 6.76. The average molecular weight is 572 g/mol. The van der Waals surface area contributed by atoms with Gasteiger partial charge >= 0.3 is 18.6 Å². The van der Waals surface area contributed by atoms with Crippen LogP contribution < -0.4 is 10.1 Å². The fourth-order valence-electron chi connectivity index (χ4n) is 4.38. The first-order valence-corrected chi connectivity index (χ1v) is 12.3. The Balaban J connectivity index is 1.82. The van der Waals surface area contributed by atoms with E-state index in [9.17, 15) is 31.1 Å². The molecule has 1 aromatic heterocycles. The Morgan fingerprint density at radius 2 is 1.74 bits per heavy atom. The fourth-order valence-corrected chi connectivity index (χ4v) is 4.49. The minimum atomic E-state index is -4.76. The van der Waals surface area contributed by atoms with E-state index in [-0.39, 0.29) is 35.8 Å². The zero-order valence-corrected chi connectivity index (χ0v) is 21.2. The zero-order chi connectivity index (χ0) is 28.3. The van der Waals surface area contributed by atoms with Crippen molar-refractivity contribution in [1.29, 1.82) is 0 Å². The molecule has 0 bridgehead atoms. The van der Waals surface area contributed by atoms with Gasteiger partial charge in [-0.1, -0.05) is 54.1 Å². The topological polar surface area (TPSA) is 54.5 Å². The summed E-state index contributed by atoms with van der Waals surface area (Å²) in [7, 11) is 0. The highest BCUT2D eigenvalue weighted by molar-refractivity contribution is 6.30. The highest BCUT2D eigenvalue weighted by Gasteiger charge is 2.45. The number of likely N-dealkylation sites (tertiary alicyclic amines) is 1. The molecule has 1 unspecified atom stereocenters. The summed E-state index contributed by atoms with van der Waals surface area (Å²) < 4.78 is 85.0. The van der Waals surface area contributed by atoms with Crippen LogP contribution in [0.1, 0.15) is 29.7 Å². The maximum atomic E-state index is 13.8. The Kier molecular flexibility index (Phi) is 8.29. The Hall–Kier alpha value is -3.47. The Bertz CT molecular complexity index is 1270. The first-order chi connectivity index (χ1) is 18.4. The summed E-state index contributed by atoms with van der Waals surface area (Å²) in [5, 5.41) is 3.17. The van der Waals surface area contributed by atoms with Crippen molar-refractivity contribution in [2.75, 3.05) is 13.1 Å². The van der Waals surface area contributed by atoms with Crippen LogP contribution >= 0.6 is 11.6 Å². The quantitative estimate of drug-likeness (QED) is 0.299. The largest absolute Gasteiger partial charge is 0.461 e. The van der Waals surface area contributed by atoms with E-state index in [1.165, 1.54) is 35.4 Å². The molecule has 1 N–H and O–H groups in total. The Morgan fingerprint density at radius 1 is 1.05 bits per heavy atom. The number of pyridine rings is 1. The maximum absolute atomic E-state index is 13.8. The minimum absolute atomic E-state index is 0.0346. The average Bonchev–Trinajstić information content (AvgIpc) is 2.89. The van der Waals surface area contributed by atoms with Crippen LogP contribution in [0, 0.1) is 0 Å². The molecule has 208 valence electrons.